The van der Waals surface area contributed by atoms with Crippen molar-refractivity contribution in [3.05, 3.63) is 43.0 Å². The van der Waals surface area contributed by atoms with Crippen LogP contribution in [0.5, 0.6) is 0 Å². The van der Waals surface area contributed by atoms with Crippen LogP contribution in [0.25, 0.3) is 44.8 Å². The summed E-state index contributed by atoms with van der Waals surface area (Å²) in [4.78, 5) is 36.5. The second-order valence-electron chi connectivity index (χ2n) is 9.93. The van der Waals surface area contributed by atoms with Gasteiger partial charge >= 0.3 is 0 Å². The van der Waals surface area contributed by atoms with Crippen molar-refractivity contribution >= 4 is 39.3 Å². The third kappa shape index (κ3) is 3.98. The molecule has 37 heavy (non-hydrogen) atoms. The fourth-order valence-corrected chi connectivity index (χ4v) is 5.23. The molecule has 3 N–H and O–H groups in total. The predicted molar refractivity (Wildman–Crippen MR) is 142 cm³/mol. The van der Waals surface area contributed by atoms with E-state index in [4.69, 9.17) is 4.98 Å². The molecule has 10 heteroatoms. The molecule has 5 aromatic heterocycles. The summed E-state index contributed by atoms with van der Waals surface area (Å²) in [5, 5.41) is 11.5. The number of H-pyrrole nitrogens is 2. The standard InChI is InChI=1S/C27H27N9O/c37-27(16-5-4-6-16)31-18-11-17(13-28-14-18)20-12-19-21(15-30-20)34-35-23(19)26-32-24-22(7-8-29-25(24)33-26)36-9-2-1-3-10-36/h7-8,11-16H,1-6,9-10H2,(H,31,37)(H,34,35)(H,29,32,33). The molecule has 6 heterocycles. The number of amides is 1. The summed E-state index contributed by atoms with van der Waals surface area (Å²) in [5.74, 6) is 0.837. The number of fused-ring (bicyclic) bond motifs is 2. The first kappa shape index (κ1) is 21.9. The quantitative estimate of drug-likeness (QED) is 0.324. The zero-order chi connectivity index (χ0) is 24.8. The number of pyridine rings is 3. The minimum absolute atomic E-state index is 0.0631. The highest BCUT2D eigenvalue weighted by atomic mass is 16.1. The molecule has 1 aliphatic carbocycles. The normalized spacial score (nSPS) is 16.3. The van der Waals surface area contributed by atoms with Crippen LogP contribution >= 0.6 is 0 Å². The van der Waals surface area contributed by atoms with E-state index in [0.29, 0.717) is 22.9 Å². The van der Waals surface area contributed by atoms with Crippen molar-refractivity contribution in [3.8, 4) is 22.8 Å². The van der Waals surface area contributed by atoms with E-state index in [1.807, 2.05) is 18.3 Å². The molecule has 0 aromatic carbocycles. The van der Waals surface area contributed by atoms with Gasteiger partial charge in [0, 0.05) is 42.4 Å². The molecule has 0 bridgehead atoms. The maximum atomic E-state index is 12.4. The summed E-state index contributed by atoms with van der Waals surface area (Å²) in [6.45, 7) is 2.09. The number of carbonyl (C=O) groups is 1. The van der Waals surface area contributed by atoms with E-state index in [1.54, 1.807) is 18.6 Å². The molecule has 2 fully saturated rings. The highest BCUT2D eigenvalue weighted by Gasteiger charge is 2.25. The predicted octanol–water partition coefficient (Wildman–Crippen LogP) is 4.69. The summed E-state index contributed by atoms with van der Waals surface area (Å²) >= 11 is 0. The first-order chi connectivity index (χ1) is 18.2. The number of piperidine rings is 1. The number of nitrogens with one attached hydrogen (secondary N) is 3. The second-order valence-corrected chi connectivity index (χ2v) is 9.93. The molecule has 0 radical (unpaired) electrons. The Morgan fingerprint density at radius 2 is 1.92 bits per heavy atom. The van der Waals surface area contributed by atoms with Crippen molar-refractivity contribution in [1.29, 1.82) is 0 Å². The Bertz CT molecular complexity index is 1610. The number of carbonyl (C=O) groups excluding carboxylic acids is 1. The average molecular weight is 494 g/mol. The molecule has 5 aromatic rings. The lowest BCUT2D eigenvalue weighted by atomic mass is 9.85. The van der Waals surface area contributed by atoms with E-state index < -0.39 is 0 Å². The van der Waals surface area contributed by atoms with Crippen LogP contribution in [0, 0.1) is 5.92 Å². The van der Waals surface area contributed by atoms with Gasteiger partial charge in [-0.15, -0.1) is 0 Å². The van der Waals surface area contributed by atoms with Crippen LogP contribution in [0.1, 0.15) is 38.5 Å². The molecule has 1 aliphatic heterocycles. The third-order valence-electron chi connectivity index (χ3n) is 7.52. The number of hydrogen-bond donors (Lipinski definition) is 3. The first-order valence-electron chi connectivity index (χ1n) is 12.9. The molecule has 10 nitrogen and oxygen atoms in total. The van der Waals surface area contributed by atoms with Gasteiger partial charge in [0.05, 0.1) is 35.0 Å². The number of rotatable bonds is 5. The van der Waals surface area contributed by atoms with Crippen molar-refractivity contribution in [1.82, 2.24) is 35.1 Å². The van der Waals surface area contributed by atoms with Gasteiger partial charge in [0.25, 0.3) is 0 Å². The maximum absolute atomic E-state index is 12.4. The molecule has 1 saturated carbocycles. The molecule has 186 valence electrons. The Morgan fingerprint density at radius 1 is 1.03 bits per heavy atom. The largest absolute Gasteiger partial charge is 0.370 e. The lowest BCUT2D eigenvalue weighted by Crippen LogP contribution is -2.29. The SMILES string of the molecule is O=C(Nc1cncc(-c2cc3c(-c4nc5nccc(N6CCCCC6)c5[nH]4)n[nH]c3cn2)c1)C1CCC1. The van der Waals surface area contributed by atoms with E-state index in [1.165, 1.54) is 19.3 Å². The Balaban J connectivity index is 1.23. The van der Waals surface area contributed by atoms with Gasteiger partial charge in [0.1, 0.15) is 11.2 Å². The van der Waals surface area contributed by atoms with Crippen molar-refractivity contribution in [2.75, 3.05) is 23.3 Å². The number of aromatic amines is 2. The summed E-state index contributed by atoms with van der Waals surface area (Å²) in [5.41, 5.74) is 6.51. The highest BCUT2D eigenvalue weighted by Crippen LogP contribution is 2.33. The molecular weight excluding hydrogens is 466 g/mol. The minimum atomic E-state index is 0.0631. The van der Waals surface area contributed by atoms with Gasteiger partial charge in [-0.25, -0.2) is 9.97 Å². The monoisotopic (exact) mass is 493 g/mol. The molecule has 0 spiro atoms. The number of hydrogen-bond acceptors (Lipinski definition) is 7. The number of nitrogens with zero attached hydrogens (tertiary/aromatic N) is 6. The zero-order valence-corrected chi connectivity index (χ0v) is 20.4. The first-order valence-corrected chi connectivity index (χ1v) is 12.9. The van der Waals surface area contributed by atoms with E-state index >= 15 is 0 Å². The zero-order valence-electron chi connectivity index (χ0n) is 20.4. The van der Waals surface area contributed by atoms with E-state index in [-0.39, 0.29) is 11.8 Å². The number of anilines is 2. The Kier molecular flexibility index (Phi) is 5.30. The van der Waals surface area contributed by atoms with Gasteiger partial charge in [-0.2, -0.15) is 5.10 Å². The molecule has 0 atom stereocenters. The topological polar surface area (TPSA) is 128 Å². The Hall–Kier alpha value is -4.34. The van der Waals surface area contributed by atoms with Crippen LogP contribution in [0.4, 0.5) is 11.4 Å². The summed E-state index contributed by atoms with van der Waals surface area (Å²) in [6, 6.07) is 5.95. The van der Waals surface area contributed by atoms with Gasteiger partial charge in [0.2, 0.25) is 5.91 Å². The molecule has 0 unspecified atom stereocenters. The fraction of sp³-hybridized carbons (Fsp3) is 0.333. The van der Waals surface area contributed by atoms with Crippen molar-refractivity contribution < 1.29 is 4.79 Å². The number of imidazole rings is 1. The van der Waals surface area contributed by atoms with E-state index in [2.05, 4.69) is 46.4 Å². The van der Waals surface area contributed by atoms with Gasteiger partial charge in [0.15, 0.2) is 11.5 Å². The molecule has 1 amide bonds. The molecule has 1 saturated heterocycles. The van der Waals surface area contributed by atoms with Gasteiger partial charge in [-0.1, -0.05) is 6.42 Å². The van der Waals surface area contributed by atoms with Crippen molar-refractivity contribution in [2.24, 2.45) is 5.92 Å². The third-order valence-corrected chi connectivity index (χ3v) is 7.52. The lowest BCUT2D eigenvalue weighted by molar-refractivity contribution is -0.122. The van der Waals surface area contributed by atoms with Crippen LogP contribution in [-0.4, -0.2) is 54.1 Å². The van der Waals surface area contributed by atoms with Crippen LogP contribution in [0.3, 0.4) is 0 Å². The minimum Gasteiger partial charge on any atom is -0.370 e. The smallest absolute Gasteiger partial charge is 0.227 e. The van der Waals surface area contributed by atoms with Crippen molar-refractivity contribution in [2.45, 2.75) is 38.5 Å². The highest BCUT2D eigenvalue weighted by molar-refractivity contribution is 5.96. The number of aromatic nitrogens is 7. The lowest BCUT2D eigenvalue weighted by Gasteiger charge is -2.28. The summed E-state index contributed by atoms with van der Waals surface area (Å²) in [6.07, 6.45) is 13.7. The summed E-state index contributed by atoms with van der Waals surface area (Å²) in [7, 11) is 0. The molecule has 7 rings (SSSR count). The van der Waals surface area contributed by atoms with Gasteiger partial charge in [-0.05, 0) is 50.3 Å². The maximum Gasteiger partial charge on any atom is 0.227 e. The second kappa shape index (κ2) is 8.95. The van der Waals surface area contributed by atoms with Crippen LogP contribution in [0.15, 0.2) is 43.0 Å². The summed E-state index contributed by atoms with van der Waals surface area (Å²) < 4.78 is 0. The van der Waals surface area contributed by atoms with Gasteiger partial charge < -0.3 is 15.2 Å². The van der Waals surface area contributed by atoms with E-state index in [9.17, 15) is 4.79 Å². The van der Waals surface area contributed by atoms with Crippen LogP contribution < -0.4 is 10.2 Å². The fourth-order valence-electron chi connectivity index (χ4n) is 5.23. The van der Waals surface area contributed by atoms with Gasteiger partial charge in [-0.3, -0.25) is 19.9 Å². The Morgan fingerprint density at radius 3 is 2.76 bits per heavy atom. The molecule has 2 aliphatic rings. The Labute approximate surface area is 213 Å². The van der Waals surface area contributed by atoms with E-state index in [0.717, 1.165) is 65.7 Å². The van der Waals surface area contributed by atoms with Crippen molar-refractivity contribution in [3.63, 3.8) is 0 Å². The average Bonchev–Trinajstić information content (AvgIpc) is 3.52. The molecular formula is C27H27N9O. The van der Waals surface area contributed by atoms with Crippen LogP contribution in [0.2, 0.25) is 0 Å². The van der Waals surface area contributed by atoms with Crippen LogP contribution in [-0.2, 0) is 4.79 Å².